The molecular weight excluding hydrogens is 342 g/mol. The van der Waals surface area contributed by atoms with Gasteiger partial charge in [0.2, 0.25) is 5.54 Å². The predicted molar refractivity (Wildman–Crippen MR) is 71.0 cm³/mol. The van der Waals surface area contributed by atoms with E-state index in [0.29, 0.717) is 0 Å². The summed E-state index contributed by atoms with van der Waals surface area (Å²) in [6.07, 6.45) is -11.0. The number of nitrogens with zero attached hydrogens (tertiary/aromatic N) is 1. The summed E-state index contributed by atoms with van der Waals surface area (Å²) in [7, 11) is 0. The van der Waals surface area contributed by atoms with Gasteiger partial charge in [0.25, 0.3) is 5.91 Å². The van der Waals surface area contributed by atoms with Crippen molar-refractivity contribution in [3.8, 4) is 0 Å². The molecule has 0 saturated heterocycles. The normalized spacial score (nSPS) is 21.2. The molecule has 0 saturated carbocycles. The van der Waals surface area contributed by atoms with Crippen molar-refractivity contribution >= 4 is 17.5 Å². The Hall–Kier alpha value is -2.26. The fourth-order valence-electron chi connectivity index (χ4n) is 2.63. The van der Waals surface area contributed by atoms with Gasteiger partial charge in [0, 0.05) is 11.6 Å². The number of benzene rings is 1. The summed E-state index contributed by atoms with van der Waals surface area (Å²) in [6.45, 7) is 2.82. The van der Waals surface area contributed by atoms with E-state index >= 15 is 0 Å². The summed E-state index contributed by atoms with van der Waals surface area (Å²) < 4.78 is 78.6. The van der Waals surface area contributed by atoms with Crippen molar-refractivity contribution < 1.29 is 35.9 Å². The molecule has 132 valence electrons. The lowest BCUT2D eigenvalue weighted by atomic mass is 9.90. The third-order valence-corrected chi connectivity index (χ3v) is 3.61. The van der Waals surface area contributed by atoms with E-state index in [1.54, 1.807) is 0 Å². The van der Waals surface area contributed by atoms with Crippen LogP contribution in [0.3, 0.4) is 0 Å². The molecule has 1 heterocycles. The molecule has 0 aromatic heterocycles. The van der Waals surface area contributed by atoms with Gasteiger partial charge in [-0.2, -0.15) is 26.3 Å². The van der Waals surface area contributed by atoms with Gasteiger partial charge in [-0.3, -0.25) is 9.59 Å². The van der Waals surface area contributed by atoms with Crippen LogP contribution in [0.2, 0.25) is 0 Å². The molecule has 1 atom stereocenters. The molecular formula is C14H12F6N2O2. The molecule has 0 aliphatic carbocycles. The highest BCUT2D eigenvalue weighted by Gasteiger charge is 2.69. The van der Waals surface area contributed by atoms with Gasteiger partial charge >= 0.3 is 18.3 Å². The van der Waals surface area contributed by atoms with Crippen LogP contribution in [-0.4, -0.2) is 30.2 Å². The third kappa shape index (κ3) is 2.49. The summed E-state index contributed by atoms with van der Waals surface area (Å²) in [5, 5.41) is 0.883. The number of hydrogen-bond donors (Lipinski definition) is 1. The first-order valence-corrected chi connectivity index (χ1v) is 6.73. The molecule has 1 aromatic carbocycles. The van der Waals surface area contributed by atoms with Crippen molar-refractivity contribution in [1.82, 2.24) is 5.32 Å². The molecule has 0 fully saturated rings. The summed E-state index contributed by atoms with van der Waals surface area (Å²) in [5.74, 6) is -4.52. The molecule has 24 heavy (non-hydrogen) atoms. The van der Waals surface area contributed by atoms with Crippen LogP contribution in [0.4, 0.5) is 32.0 Å². The number of hydrogen-bond acceptors (Lipinski definition) is 2. The standard InChI is InChI=1S/C14H12F6N2O2/c1-7(2)22-9-6-4-3-5-8(9)12(11(22)24,14(18,19)20)21-10(23)13(15,16)17/h3-7H,1-2H3,(H,21,23)/t12-/m0/s1. The highest BCUT2D eigenvalue weighted by atomic mass is 19.4. The molecule has 2 amide bonds. The largest absolute Gasteiger partial charge is 0.471 e. The number of alkyl halides is 6. The van der Waals surface area contributed by atoms with Gasteiger partial charge in [-0.25, -0.2) is 0 Å². The maximum absolute atomic E-state index is 13.7. The second-order valence-corrected chi connectivity index (χ2v) is 5.49. The lowest BCUT2D eigenvalue weighted by Crippen LogP contribution is -2.64. The van der Waals surface area contributed by atoms with Crippen molar-refractivity contribution in [3.05, 3.63) is 29.8 Å². The Morgan fingerprint density at radius 3 is 2.12 bits per heavy atom. The van der Waals surface area contributed by atoms with Crippen LogP contribution >= 0.6 is 0 Å². The molecule has 4 nitrogen and oxygen atoms in total. The Morgan fingerprint density at radius 2 is 1.67 bits per heavy atom. The molecule has 1 N–H and O–H groups in total. The maximum atomic E-state index is 13.7. The summed E-state index contributed by atoms with van der Waals surface area (Å²) in [6, 6.07) is 3.79. The van der Waals surface area contributed by atoms with Crippen molar-refractivity contribution in [3.63, 3.8) is 0 Å². The number of halogens is 6. The van der Waals surface area contributed by atoms with Gasteiger partial charge < -0.3 is 10.2 Å². The van der Waals surface area contributed by atoms with Crippen molar-refractivity contribution in [2.75, 3.05) is 4.90 Å². The average molecular weight is 354 g/mol. The highest BCUT2D eigenvalue weighted by molar-refractivity contribution is 6.10. The van der Waals surface area contributed by atoms with Gasteiger partial charge in [-0.15, -0.1) is 0 Å². The molecule has 10 heteroatoms. The van der Waals surface area contributed by atoms with E-state index in [0.717, 1.165) is 22.3 Å². The Balaban J connectivity index is 2.72. The highest BCUT2D eigenvalue weighted by Crippen LogP contribution is 2.50. The predicted octanol–water partition coefficient (Wildman–Crippen LogP) is 2.88. The van der Waals surface area contributed by atoms with Crippen LogP contribution in [0, 0.1) is 0 Å². The zero-order chi connectivity index (χ0) is 18.5. The second-order valence-electron chi connectivity index (χ2n) is 5.49. The average Bonchev–Trinajstić information content (AvgIpc) is 2.67. The van der Waals surface area contributed by atoms with Crippen LogP contribution in [0.1, 0.15) is 19.4 Å². The first-order chi connectivity index (χ1) is 10.8. The van der Waals surface area contributed by atoms with Crippen LogP contribution in [-0.2, 0) is 15.1 Å². The number of nitrogens with one attached hydrogen (secondary N) is 1. The van der Waals surface area contributed by atoms with Crippen LogP contribution < -0.4 is 10.2 Å². The Morgan fingerprint density at radius 1 is 1.12 bits per heavy atom. The molecule has 2 rings (SSSR count). The van der Waals surface area contributed by atoms with E-state index in [4.69, 9.17) is 0 Å². The zero-order valence-electron chi connectivity index (χ0n) is 12.4. The lowest BCUT2D eigenvalue weighted by Gasteiger charge is -2.32. The minimum absolute atomic E-state index is 0.197. The monoisotopic (exact) mass is 354 g/mol. The maximum Gasteiger partial charge on any atom is 0.471 e. The van der Waals surface area contributed by atoms with Crippen LogP contribution in [0.25, 0.3) is 0 Å². The number of carbonyl (C=O) groups excluding carboxylic acids is 2. The Labute approximate surface area is 132 Å². The molecule has 0 unspecified atom stereocenters. The van der Waals surface area contributed by atoms with Crippen LogP contribution in [0.5, 0.6) is 0 Å². The van der Waals surface area contributed by atoms with Crippen molar-refractivity contribution in [2.24, 2.45) is 0 Å². The molecule has 1 aliphatic heterocycles. The lowest BCUT2D eigenvalue weighted by molar-refractivity contribution is -0.211. The van der Waals surface area contributed by atoms with Crippen LogP contribution in [0.15, 0.2) is 24.3 Å². The second kappa shape index (κ2) is 5.38. The van der Waals surface area contributed by atoms with Gasteiger partial charge in [0.15, 0.2) is 0 Å². The first-order valence-electron chi connectivity index (χ1n) is 6.73. The summed E-state index contributed by atoms with van der Waals surface area (Å²) in [5.41, 5.74) is -4.72. The minimum atomic E-state index is -5.57. The molecule has 1 aromatic rings. The smallest absolute Gasteiger partial charge is 0.323 e. The number of fused-ring (bicyclic) bond motifs is 1. The Kier molecular flexibility index (Phi) is 4.06. The van der Waals surface area contributed by atoms with E-state index in [2.05, 4.69) is 0 Å². The third-order valence-electron chi connectivity index (χ3n) is 3.61. The summed E-state index contributed by atoms with van der Waals surface area (Å²) in [4.78, 5) is 24.4. The zero-order valence-corrected chi connectivity index (χ0v) is 12.4. The number of amides is 2. The van der Waals surface area contributed by atoms with Gasteiger partial charge in [0.1, 0.15) is 0 Å². The topological polar surface area (TPSA) is 49.4 Å². The fraction of sp³-hybridized carbons (Fsp3) is 0.429. The van der Waals surface area contributed by atoms with Gasteiger partial charge in [-0.05, 0) is 19.9 Å². The van der Waals surface area contributed by atoms with Gasteiger partial charge in [-0.1, -0.05) is 18.2 Å². The Bertz CT molecular complexity index is 683. The number of rotatable bonds is 2. The quantitative estimate of drug-likeness (QED) is 0.831. The van der Waals surface area contributed by atoms with Gasteiger partial charge in [0.05, 0.1) is 5.69 Å². The fourth-order valence-corrected chi connectivity index (χ4v) is 2.63. The first kappa shape index (κ1) is 18.1. The van der Waals surface area contributed by atoms with E-state index in [1.165, 1.54) is 26.0 Å². The van der Waals surface area contributed by atoms with E-state index < -0.39 is 41.3 Å². The van der Waals surface area contributed by atoms with E-state index in [1.807, 2.05) is 0 Å². The molecule has 0 radical (unpaired) electrons. The van der Waals surface area contributed by atoms with Crippen molar-refractivity contribution in [1.29, 1.82) is 0 Å². The minimum Gasteiger partial charge on any atom is -0.323 e. The molecule has 1 aliphatic rings. The van der Waals surface area contributed by atoms with Crippen molar-refractivity contribution in [2.45, 2.75) is 37.8 Å². The SMILES string of the molecule is CC(C)N1C(=O)[C@](NC(=O)C(F)(F)F)(C(F)(F)F)c2ccccc21. The summed E-state index contributed by atoms with van der Waals surface area (Å²) >= 11 is 0. The number of carbonyl (C=O) groups is 2. The number of para-hydroxylation sites is 1. The number of anilines is 1. The molecule has 0 bridgehead atoms. The molecule has 0 spiro atoms. The van der Waals surface area contributed by atoms with E-state index in [-0.39, 0.29) is 5.69 Å². The van der Waals surface area contributed by atoms with E-state index in [9.17, 15) is 35.9 Å².